The van der Waals surface area contributed by atoms with E-state index in [0.29, 0.717) is 28.0 Å². The first-order valence-corrected chi connectivity index (χ1v) is 11.1. The summed E-state index contributed by atoms with van der Waals surface area (Å²) in [5.41, 5.74) is 8.12. The number of nitrogens with zero attached hydrogens (tertiary/aromatic N) is 3. The lowest BCUT2D eigenvalue weighted by Crippen LogP contribution is -2.14. The van der Waals surface area contributed by atoms with E-state index < -0.39 is 17.6 Å². The third-order valence-electron chi connectivity index (χ3n) is 5.60. The third kappa shape index (κ3) is 5.01. The van der Waals surface area contributed by atoms with Crippen molar-refractivity contribution in [1.82, 2.24) is 19.7 Å². The Hall–Kier alpha value is -5.04. The number of alkyl halides is 3. The van der Waals surface area contributed by atoms with Gasteiger partial charge in [0.2, 0.25) is 0 Å². The summed E-state index contributed by atoms with van der Waals surface area (Å²) in [5.74, 6) is 5.81. The van der Waals surface area contributed by atoms with Gasteiger partial charge in [-0.05, 0) is 55.5 Å². The number of hydrogen-bond acceptors (Lipinski definition) is 4. The summed E-state index contributed by atoms with van der Waals surface area (Å²) in [7, 11) is 0. The van der Waals surface area contributed by atoms with E-state index >= 15 is 0 Å². The summed E-state index contributed by atoms with van der Waals surface area (Å²) in [6.45, 7) is 1.73. The van der Waals surface area contributed by atoms with Crippen molar-refractivity contribution in [2.24, 2.45) is 0 Å². The molecule has 1 amide bonds. The van der Waals surface area contributed by atoms with Crippen molar-refractivity contribution < 1.29 is 18.0 Å². The average molecular weight is 500 g/mol. The lowest BCUT2D eigenvalue weighted by Gasteiger charge is -2.13. The highest BCUT2D eigenvalue weighted by Gasteiger charge is 2.31. The highest BCUT2D eigenvalue weighted by Crippen LogP contribution is 2.33. The molecule has 0 aliphatic rings. The molecule has 5 aromatic rings. The van der Waals surface area contributed by atoms with Crippen molar-refractivity contribution in [2.75, 3.05) is 11.1 Å². The van der Waals surface area contributed by atoms with Crippen LogP contribution < -0.4 is 11.1 Å². The lowest BCUT2D eigenvalue weighted by molar-refractivity contribution is -0.137. The van der Waals surface area contributed by atoms with Gasteiger partial charge in [0, 0.05) is 34.3 Å². The van der Waals surface area contributed by atoms with Gasteiger partial charge in [0.15, 0.2) is 5.82 Å². The standard InChI is InChI=1S/C27H19F3N6O/c1-16-14-36(15-32-16)22-12-20(27(28,29)30)11-21(13-22)33-26(37)19-6-2-4-17(10-19)8-9-18-5-3-7-23-24(18)25(31)35-34-23/h2-7,10-15H,1H3,(H,33,37)(H3,31,34,35). The minimum atomic E-state index is -4.60. The Morgan fingerprint density at radius 1 is 1.08 bits per heavy atom. The number of hydrogen-bond donors (Lipinski definition) is 3. The first kappa shape index (κ1) is 23.7. The number of H-pyrrole nitrogens is 1. The summed E-state index contributed by atoms with van der Waals surface area (Å²) in [6.07, 6.45) is -1.58. The van der Waals surface area contributed by atoms with E-state index in [4.69, 9.17) is 5.73 Å². The lowest BCUT2D eigenvalue weighted by atomic mass is 10.1. The quantitative estimate of drug-likeness (QED) is 0.292. The molecule has 184 valence electrons. The molecule has 0 bridgehead atoms. The number of anilines is 2. The van der Waals surface area contributed by atoms with Gasteiger partial charge < -0.3 is 15.6 Å². The molecule has 4 N–H and O–H groups in total. The molecule has 0 radical (unpaired) electrons. The SMILES string of the molecule is Cc1cn(-c2cc(NC(=O)c3cccc(C#Cc4cccc5[nH]nc(N)c45)c3)cc(C(F)(F)F)c2)cn1. The van der Waals surface area contributed by atoms with Gasteiger partial charge in [0.25, 0.3) is 5.91 Å². The largest absolute Gasteiger partial charge is 0.416 e. The van der Waals surface area contributed by atoms with E-state index in [1.54, 1.807) is 37.4 Å². The van der Waals surface area contributed by atoms with Crippen LogP contribution in [0.1, 0.15) is 32.7 Å². The van der Waals surface area contributed by atoms with Crippen LogP contribution in [-0.2, 0) is 6.18 Å². The smallest absolute Gasteiger partial charge is 0.382 e. The topological polar surface area (TPSA) is 102 Å². The number of aryl methyl sites for hydroxylation is 1. The van der Waals surface area contributed by atoms with E-state index in [2.05, 4.69) is 32.3 Å². The first-order valence-electron chi connectivity index (χ1n) is 11.1. The minimum absolute atomic E-state index is 0.000207. The monoisotopic (exact) mass is 500 g/mol. The zero-order chi connectivity index (χ0) is 26.2. The first-order chi connectivity index (χ1) is 17.7. The van der Waals surface area contributed by atoms with Crippen LogP contribution in [0.3, 0.4) is 0 Å². The van der Waals surface area contributed by atoms with Gasteiger partial charge in [-0.25, -0.2) is 4.98 Å². The van der Waals surface area contributed by atoms with Crippen LogP contribution in [0, 0.1) is 18.8 Å². The van der Waals surface area contributed by atoms with Crippen molar-refractivity contribution in [2.45, 2.75) is 13.1 Å². The van der Waals surface area contributed by atoms with Gasteiger partial charge in [-0.3, -0.25) is 9.89 Å². The van der Waals surface area contributed by atoms with E-state index in [-0.39, 0.29) is 16.9 Å². The number of imidazole rings is 1. The van der Waals surface area contributed by atoms with E-state index in [1.807, 2.05) is 18.2 Å². The molecule has 0 saturated heterocycles. The average Bonchev–Trinajstić information content (AvgIpc) is 3.48. The Morgan fingerprint density at radius 2 is 1.89 bits per heavy atom. The second kappa shape index (κ2) is 9.20. The van der Waals surface area contributed by atoms with Gasteiger partial charge in [0.1, 0.15) is 0 Å². The highest BCUT2D eigenvalue weighted by atomic mass is 19.4. The fourth-order valence-electron chi connectivity index (χ4n) is 3.84. The summed E-state index contributed by atoms with van der Waals surface area (Å²) < 4.78 is 42.1. The van der Waals surface area contributed by atoms with Crippen LogP contribution in [0.4, 0.5) is 24.7 Å². The molecule has 0 atom stereocenters. The summed E-state index contributed by atoms with van der Waals surface area (Å²) in [4.78, 5) is 17.0. The number of rotatable bonds is 3. The summed E-state index contributed by atoms with van der Waals surface area (Å²) in [6, 6.07) is 15.3. The molecule has 2 heterocycles. The summed E-state index contributed by atoms with van der Waals surface area (Å²) in [5, 5.41) is 10.1. The Morgan fingerprint density at radius 3 is 2.65 bits per heavy atom. The molecule has 7 nitrogen and oxygen atoms in total. The highest BCUT2D eigenvalue weighted by molar-refractivity contribution is 6.04. The second-order valence-electron chi connectivity index (χ2n) is 8.31. The minimum Gasteiger partial charge on any atom is -0.382 e. The maximum atomic E-state index is 13.5. The van der Waals surface area contributed by atoms with Crippen LogP contribution in [0.2, 0.25) is 0 Å². The van der Waals surface area contributed by atoms with Crippen molar-refractivity contribution in [3.8, 4) is 17.5 Å². The van der Waals surface area contributed by atoms with E-state index in [0.717, 1.165) is 17.6 Å². The number of carbonyl (C=O) groups excluding carboxylic acids is 1. The Kier molecular flexibility index (Phi) is 5.89. The maximum absolute atomic E-state index is 13.5. The predicted molar refractivity (Wildman–Crippen MR) is 134 cm³/mol. The fraction of sp³-hybridized carbons (Fsp3) is 0.0741. The molecule has 37 heavy (non-hydrogen) atoms. The molecule has 0 saturated carbocycles. The molecule has 0 aliphatic carbocycles. The molecule has 2 aromatic heterocycles. The normalized spacial score (nSPS) is 11.2. The third-order valence-corrected chi connectivity index (χ3v) is 5.60. The number of halogens is 3. The maximum Gasteiger partial charge on any atom is 0.416 e. The zero-order valence-corrected chi connectivity index (χ0v) is 19.4. The van der Waals surface area contributed by atoms with Crippen LogP contribution in [-0.4, -0.2) is 25.7 Å². The molecule has 5 rings (SSSR count). The number of carbonyl (C=O) groups is 1. The predicted octanol–water partition coefficient (Wildman–Crippen LogP) is 5.31. The fourth-order valence-corrected chi connectivity index (χ4v) is 3.84. The number of aromatic amines is 1. The van der Waals surface area contributed by atoms with Crippen molar-refractivity contribution in [3.63, 3.8) is 0 Å². The molecular weight excluding hydrogens is 481 g/mol. The Labute approximate surface area is 209 Å². The van der Waals surface area contributed by atoms with Crippen molar-refractivity contribution in [3.05, 3.63) is 101 Å². The number of aromatic nitrogens is 4. The van der Waals surface area contributed by atoms with Gasteiger partial charge in [0.05, 0.1) is 28.5 Å². The number of amides is 1. The molecule has 0 aliphatic heterocycles. The Bertz CT molecular complexity index is 1700. The molecule has 0 unspecified atom stereocenters. The zero-order valence-electron chi connectivity index (χ0n) is 19.4. The number of nitrogen functional groups attached to an aromatic ring is 1. The van der Waals surface area contributed by atoms with Crippen LogP contribution in [0.25, 0.3) is 16.6 Å². The van der Waals surface area contributed by atoms with Crippen LogP contribution in [0.15, 0.2) is 73.2 Å². The molecule has 10 heteroatoms. The summed E-state index contributed by atoms with van der Waals surface area (Å²) >= 11 is 0. The number of nitrogens with two attached hydrogens (primary N) is 1. The van der Waals surface area contributed by atoms with Gasteiger partial charge >= 0.3 is 6.18 Å². The van der Waals surface area contributed by atoms with Crippen LogP contribution in [0.5, 0.6) is 0 Å². The molecule has 0 spiro atoms. The van der Waals surface area contributed by atoms with Crippen molar-refractivity contribution >= 4 is 28.3 Å². The molecule has 3 aromatic carbocycles. The van der Waals surface area contributed by atoms with E-state index in [9.17, 15) is 18.0 Å². The molecule has 0 fully saturated rings. The van der Waals surface area contributed by atoms with Gasteiger partial charge in [-0.1, -0.05) is 24.0 Å². The second-order valence-corrected chi connectivity index (χ2v) is 8.31. The number of benzene rings is 3. The van der Waals surface area contributed by atoms with E-state index in [1.165, 1.54) is 17.0 Å². The van der Waals surface area contributed by atoms with Crippen LogP contribution >= 0.6 is 0 Å². The number of nitrogens with one attached hydrogen (secondary N) is 2. The number of fused-ring (bicyclic) bond motifs is 1. The van der Waals surface area contributed by atoms with Crippen molar-refractivity contribution in [1.29, 1.82) is 0 Å². The molecular formula is C27H19F3N6O. The van der Waals surface area contributed by atoms with Gasteiger partial charge in [-0.2, -0.15) is 18.3 Å². The Balaban J connectivity index is 1.43. The van der Waals surface area contributed by atoms with Gasteiger partial charge in [-0.15, -0.1) is 0 Å².